The number of nitrogens with zero attached hydrogens (tertiary/aromatic N) is 1. The normalized spacial score (nSPS) is 11.1. The minimum Gasteiger partial charge on any atom is -0.493 e. The van der Waals surface area contributed by atoms with Crippen LogP contribution in [0.5, 0.6) is 5.75 Å². The molecule has 30 heavy (non-hydrogen) atoms. The molecule has 0 aliphatic carbocycles. The fourth-order valence-electron chi connectivity index (χ4n) is 2.79. The highest BCUT2D eigenvalue weighted by Gasteiger charge is 2.07. The van der Waals surface area contributed by atoms with Crippen molar-refractivity contribution in [3.63, 3.8) is 0 Å². The Morgan fingerprint density at radius 1 is 1.07 bits per heavy atom. The molecule has 0 bridgehead atoms. The molecule has 0 saturated heterocycles. The number of ether oxygens (including phenoxy) is 1. The number of hydrogen-bond donors (Lipinski definition) is 3. The van der Waals surface area contributed by atoms with Crippen molar-refractivity contribution in [2.24, 2.45) is 4.99 Å². The van der Waals surface area contributed by atoms with Gasteiger partial charge in [0.2, 0.25) is 5.91 Å². The molecule has 6 nitrogen and oxygen atoms in total. The van der Waals surface area contributed by atoms with E-state index in [4.69, 9.17) is 4.74 Å². The first-order chi connectivity index (χ1) is 14.5. The zero-order valence-electron chi connectivity index (χ0n) is 17.9. The van der Waals surface area contributed by atoms with Gasteiger partial charge in [0.15, 0.2) is 5.96 Å². The first-order valence-electron chi connectivity index (χ1n) is 10.2. The lowest BCUT2D eigenvalue weighted by Crippen LogP contribution is -2.41. The molecule has 1 amide bonds. The number of halogens is 1. The molecule has 7 heteroatoms. The van der Waals surface area contributed by atoms with Crippen molar-refractivity contribution in [1.29, 1.82) is 0 Å². The molecule has 0 heterocycles. The van der Waals surface area contributed by atoms with Gasteiger partial charge in [0.25, 0.3) is 0 Å². The predicted molar refractivity (Wildman–Crippen MR) is 118 cm³/mol. The van der Waals surface area contributed by atoms with Crippen molar-refractivity contribution in [2.45, 2.75) is 33.2 Å². The summed E-state index contributed by atoms with van der Waals surface area (Å²) in [6.45, 7) is 6.37. The van der Waals surface area contributed by atoms with Crippen LogP contribution in [0.3, 0.4) is 0 Å². The van der Waals surface area contributed by atoms with Crippen LogP contribution in [-0.2, 0) is 17.8 Å². The number of aliphatic imine (C=N–C) groups is 1. The van der Waals surface area contributed by atoms with Crippen LogP contribution in [0.1, 0.15) is 30.0 Å². The maximum Gasteiger partial charge on any atom is 0.224 e. The lowest BCUT2D eigenvalue weighted by molar-refractivity contribution is -0.120. The summed E-state index contributed by atoms with van der Waals surface area (Å²) in [7, 11) is 1.70. The number of carbonyl (C=O) groups excluding carboxylic acids is 1. The second-order valence-corrected chi connectivity index (χ2v) is 6.97. The zero-order valence-corrected chi connectivity index (χ0v) is 17.9. The van der Waals surface area contributed by atoms with Gasteiger partial charge in [0.1, 0.15) is 11.6 Å². The average Bonchev–Trinajstić information content (AvgIpc) is 2.74. The molecule has 3 N–H and O–H groups in total. The van der Waals surface area contributed by atoms with Gasteiger partial charge in [-0.1, -0.05) is 31.2 Å². The van der Waals surface area contributed by atoms with Crippen LogP contribution >= 0.6 is 0 Å². The molecule has 0 aliphatic rings. The van der Waals surface area contributed by atoms with Crippen LogP contribution in [0.25, 0.3) is 0 Å². The molecule has 0 unspecified atom stereocenters. The van der Waals surface area contributed by atoms with E-state index < -0.39 is 0 Å². The summed E-state index contributed by atoms with van der Waals surface area (Å²) in [5.74, 6) is 1.11. The van der Waals surface area contributed by atoms with Crippen LogP contribution in [0, 0.1) is 12.7 Å². The van der Waals surface area contributed by atoms with Gasteiger partial charge in [-0.3, -0.25) is 9.79 Å². The van der Waals surface area contributed by atoms with E-state index in [1.165, 1.54) is 12.1 Å². The number of aryl methyl sites for hydroxylation is 1. The molecular formula is C23H31FN4O2. The topological polar surface area (TPSA) is 74.8 Å². The molecule has 0 saturated carbocycles. The summed E-state index contributed by atoms with van der Waals surface area (Å²) in [4.78, 5) is 16.2. The third kappa shape index (κ3) is 8.11. The highest BCUT2D eigenvalue weighted by molar-refractivity contribution is 5.80. The number of hydrogen-bond acceptors (Lipinski definition) is 3. The quantitative estimate of drug-likeness (QED) is 0.317. The number of nitrogens with one attached hydrogen (secondary N) is 3. The van der Waals surface area contributed by atoms with E-state index >= 15 is 0 Å². The highest BCUT2D eigenvalue weighted by atomic mass is 19.1. The lowest BCUT2D eigenvalue weighted by atomic mass is 10.1. The van der Waals surface area contributed by atoms with Gasteiger partial charge in [-0.2, -0.15) is 0 Å². The molecule has 2 rings (SSSR count). The molecule has 0 spiro atoms. The third-order valence-corrected chi connectivity index (χ3v) is 4.37. The number of amides is 1. The first kappa shape index (κ1) is 23.2. The van der Waals surface area contributed by atoms with Gasteiger partial charge in [-0.05, 0) is 42.7 Å². The van der Waals surface area contributed by atoms with Crippen LogP contribution in [0.15, 0.2) is 47.5 Å². The predicted octanol–water partition coefficient (Wildman–Crippen LogP) is 2.95. The Labute approximate surface area is 177 Å². The Bertz CT molecular complexity index is 838. The third-order valence-electron chi connectivity index (χ3n) is 4.37. The van der Waals surface area contributed by atoms with E-state index in [1.807, 2.05) is 13.0 Å². The minimum atomic E-state index is -0.308. The molecule has 0 aliphatic heterocycles. The summed E-state index contributed by atoms with van der Waals surface area (Å²) in [6, 6.07) is 12.1. The van der Waals surface area contributed by atoms with E-state index in [1.54, 1.807) is 19.2 Å². The van der Waals surface area contributed by atoms with E-state index in [9.17, 15) is 9.18 Å². The second-order valence-electron chi connectivity index (χ2n) is 6.97. The van der Waals surface area contributed by atoms with E-state index in [0.717, 1.165) is 28.9 Å². The average molecular weight is 415 g/mol. The fourth-order valence-corrected chi connectivity index (χ4v) is 2.79. The van der Waals surface area contributed by atoms with Crippen LogP contribution in [0.4, 0.5) is 4.39 Å². The number of carbonyl (C=O) groups is 1. The molecular weight excluding hydrogens is 383 g/mol. The number of rotatable bonds is 10. The zero-order chi connectivity index (χ0) is 21.8. The van der Waals surface area contributed by atoms with Crippen molar-refractivity contribution >= 4 is 11.9 Å². The summed E-state index contributed by atoms with van der Waals surface area (Å²) < 4.78 is 18.8. The number of benzene rings is 2. The van der Waals surface area contributed by atoms with Crippen LogP contribution in [0.2, 0.25) is 0 Å². The van der Waals surface area contributed by atoms with E-state index in [2.05, 4.69) is 40.0 Å². The van der Waals surface area contributed by atoms with Gasteiger partial charge in [0.05, 0.1) is 13.0 Å². The van der Waals surface area contributed by atoms with Crippen molar-refractivity contribution < 1.29 is 13.9 Å². The van der Waals surface area contributed by atoms with Crippen molar-refractivity contribution in [3.05, 3.63) is 65.0 Å². The summed E-state index contributed by atoms with van der Waals surface area (Å²) >= 11 is 0. The minimum absolute atomic E-state index is 0.108. The summed E-state index contributed by atoms with van der Waals surface area (Å²) in [6.07, 6.45) is 1.18. The Balaban J connectivity index is 1.73. The Morgan fingerprint density at radius 2 is 1.80 bits per heavy atom. The van der Waals surface area contributed by atoms with Gasteiger partial charge < -0.3 is 20.7 Å². The Hall–Kier alpha value is -3.09. The number of guanidine groups is 1. The smallest absolute Gasteiger partial charge is 0.224 e. The van der Waals surface area contributed by atoms with E-state index in [-0.39, 0.29) is 18.1 Å². The van der Waals surface area contributed by atoms with Crippen molar-refractivity contribution in [2.75, 3.05) is 26.7 Å². The largest absolute Gasteiger partial charge is 0.493 e. The summed E-state index contributed by atoms with van der Waals surface area (Å²) in [5, 5.41) is 9.28. The lowest BCUT2D eigenvalue weighted by Gasteiger charge is -2.15. The molecule has 0 atom stereocenters. The Morgan fingerprint density at radius 3 is 2.50 bits per heavy atom. The molecule has 162 valence electrons. The van der Waals surface area contributed by atoms with Crippen LogP contribution < -0.4 is 20.7 Å². The standard InChI is InChI=1S/C23H31FN4O2/c1-4-13-30-21-14-17(2)5-8-19(21)16-28-23(25-3)27-12-11-26-22(29)15-18-6-9-20(24)10-7-18/h5-10,14H,4,11-13,15-16H2,1-3H3,(H,26,29)(H2,25,27,28). The van der Waals surface area contributed by atoms with Crippen molar-refractivity contribution in [3.8, 4) is 5.75 Å². The van der Waals surface area contributed by atoms with Gasteiger partial charge in [-0.15, -0.1) is 0 Å². The SMILES string of the molecule is CCCOc1cc(C)ccc1CNC(=NC)NCCNC(=O)Cc1ccc(F)cc1. The van der Waals surface area contributed by atoms with Crippen LogP contribution in [-0.4, -0.2) is 38.6 Å². The van der Waals surface area contributed by atoms with Crippen molar-refractivity contribution in [1.82, 2.24) is 16.0 Å². The monoisotopic (exact) mass is 414 g/mol. The van der Waals surface area contributed by atoms with Gasteiger partial charge in [-0.25, -0.2) is 4.39 Å². The molecule has 0 fully saturated rings. The molecule has 2 aromatic carbocycles. The maximum atomic E-state index is 12.9. The fraction of sp³-hybridized carbons (Fsp3) is 0.391. The van der Waals surface area contributed by atoms with E-state index in [0.29, 0.717) is 32.2 Å². The second kappa shape index (κ2) is 12.5. The Kier molecular flexibility index (Phi) is 9.64. The first-order valence-corrected chi connectivity index (χ1v) is 10.2. The summed E-state index contributed by atoms with van der Waals surface area (Å²) in [5.41, 5.74) is 2.99. The highest BCUT2D eigenvalue weighted by Crippen LogP contribution is 2.20. The van der Waals surface area contributed by atoms with Gasteiger partial charge in [0, 0.05) is 32.2 Å². The molecule has 2 aromatic rings. The molecule has 0 radical (unpaired) electrons. The van der Waals surface area contributed by atoms with Gasteiger partial charge >= 0.3 is 0 Å². The maximum absolute atomic E-state index is 12.9. The molecule has 0 aromatic heterocycles.